The SMILES string of the molecule is COCCNC(=O)CNCCC(C)(C)O. The van der Waals surface area contributed by atoms with E-state index in [1.54, 1.807) is 21.0 Å². The summed E-state index contributed by atoms with van der Waals surface area (Å²) in [6.07, 6.45) is 0.623. The summed E-state index contributed by atoms with van der Waals surface area (Å²) < 4.78 is 4.79. The van der Waals surface area contributed by atoms with Crippen molar-refractivity contribution in [3.8, 4) is 0 Å². The maximum absolute atomic E-state index is 11.2. The van der Waals surface area contributed by atoms with Crippen LogP contribution < -0.4 is 10.6 Å². The summed E-state index contributed by atoms with van der Waals surface area (Å²) in [7, 11) is 1.59. The van der Waals surface area contributed by atoms with E-state index in [4.69, 9.17) is 4.74 Å². The summed E-state index contributed by atoms with van der Waals surface area (Å²) in [5, 5.41) is 15.0. The number of hydrogen-bond donors (Lipinski definition) is 3. The third kappa shape index (κ3) is 11.3. The Morgan fingerprint density at radius 3 is 2.60 bits per heavy atom. The summed E-state index contributed by atoms with van der Waals surface area (Å²) in [5.74, 6) is -0.0530. The van der Waals surface area contributed by atoms with Crippen LogP contribution in [0.25, 0.3) is 0 Å². The molecule has 3 N–H and O–H groups in total. The van der Waals surface area contributed by atoms with Crippen molar-refractivity contribution in [2.45, 2.75) is 25.9 Å². The summed E-state index contributed by atoms with van der Waals surface area (Å²) in [6.45, 7) is 5.44. The summed E-state index contributed by atoms with van der Waals surface area (Å²) in [4.78, 5) is 11.2. The highest BCUT2D eigenvalue weighted by atomic mass is 16.5. The minimum absolute atomic E-state index is 0.0530. The maximum Gasteiger partial charge on any atom is 0.234 e. The molecule has 0 aliphatic carbocycles. The molecule has 0 unspecified atom stereocenters. The average molecular weight is 218 g/mol. The molecule has 0 aliphatic heterocycles. The van der Waals surface area contributed by atoms with Gasteiger partial charge in [-0.25, -0.2) is 0 Å². The van der Waals surface area contributed by atoms with Gasteiger partial charge in [-0.2, -0.15) is 0 Å². The van der Waals surface area contributed by atoms with Crippen molar-refractivity contribution < 1.29 is 14.6 Å². The van der Waals surface area contributed by atoms with Crippen molar-refractivity contribution in [2.24, 2.45) is 0 Å². The first-order chi connectivity index (χ1) is 6.95. The van der Waals surface area contributed by atoms with Crippen LogP contribution in [0.2, 0.25) is 0 Å². The first-order valence-corrected chi connectivity index (χ1v) is 5.14. The topological polar surface area (TPSA) is 70.6 Å². The Balaban J connectivity index is 3.32. The van der Waals surface area contributed by atoms with E-state index in [1.165, 1.54) is 0 Å². The van der Waals surface area contributed by atoms with Gasteiger partial charge in [0, 0.05) is 13.7 Å². The fourth-order valence-corrected chi connectivity index (χ4v) is 0.951. The van der Waals surface area contributed by atoms with Crippen molar-refractivity contribution in [1.29, 1.82) is 0 Å². The van der Waals surface area contributed by atoms with Gasteiger partial charge in [-0.15, -0.1) is 0 Å². The normalized spacial score (nSPS) is 11.5. The van der Waals surface area contributed by atoms with E-state index in [0.717, 1.165) is 0 Å². The molecular formula is C10H22N2O3. The standard InChI is InChI=1S/C10H22N2O3/c1-10(2,14)4-5-11-8-9(13)12-6-7-15-3/h11,14H,4-8H2,1-3H3,(H,12,13). The van der Waals surface area contributed by atoms with Gasteiger partial charge in [0.1, 0.15) is 0 Å². The molecule has 0 aromatic rings. The van der Waals surface area contributed by atoms with Gasteiger partial charge < -0.3 is 20.5 Å². The van der Waals surface area contributed by atoms with Crippen molar-refractivity contribution in [3.05, 3.63) is 0 Å². The number of amides is 1. The molecule has 0 atom stereocenters. The predicted molar refractivity (Wildman–Crippen MR) is 58.7 cm³/mol. The molecule has 0 fully saturated rings. The van der Waals surface area contributed by atoms with E-state index in [9.17, 15) is 9.90 Å². The Morgan fingerprint density at radius 1 is 1.40 bits per heavy atom. The molecule has 0 saturated heterocycles. The maximum atomic E-state index is 11.2. The highest BCUT2D eigenvalue weighted by Crippen LogP contribution is 2.04. The van der Waals surface area contributed by atoms with Gasteiger partial charge >= 0.3 is 0 Å². The molecule has 0 bridgehead atoms. The monoisotopic (exact) mass is 218 g/mol. The van der Waals surface area contributed by atoms with Crippen molar-refractivity contribution in [1.82, 2.24) is 10.6 Å². The lowest BCUT2D eigenvalue weighted by molar-refractivity contribution is -0.120. The Hall–Kier alpha value is -0.650. The van der Waals surface area contributed by atoms with Crippen LogP contribution in [0.5, 0.6) is 0 Å². The molecule has 0 rings (SSSR count). The zero-order valence-corrected chi connectivity index (χ0v) is 9.80. The molecule has 0 heterocycles. The zero-order valence-electron chi connectivity index (χ0n) is 9.80. The van der Waals surface area contributed by atoms with Crippen LogP contribution in [0, 0.1) is 0 Å². The number of nitrogens with one attached hydrogen (secondary N) is 2. The Kier molecular flexibility index (Phi) is 7.29. The summed E-state index contributed by atoms with van der Waals surface area (Å²) in [6, 6.07) is 0. The zero-order chi connectivity index (χ0) is 11.7. The third-order valence-corrected chi connectivity index (χ3v) is 1.83. The van der Waals surface area contributed by atoms with Crippen LogP contribution in [-0.4, -0.2) is 50.0 Å². The van der Waals surface area contributed by atoms with E-state index >= 15 is 0 Å². The second kappa shape index (κ2) is 7.62. The Bertz CT molecular complexity index is 178. The van der Waals surface area contributed by atoms with Crippen LogP contribution >= 0.6 is 0 Å². The van der Waals surface area contributed by atoms with Crippen molar-refractivity contribution in [3.63, 3.8) is 0 Å². The van der Waals surface area contributed by atoms with Gasteiger partial charge in [-0.1, -0.05) is 0 Å². The molecule has 5 heteroatoms. The second-order valence-electron chi connectivity index (χ2n) is 4.08. The quantitative estimate of drug-likeness (QED) is 0.480. The lowest BCUT2D eigenvalue weighted by atomic mass is 10.1. The molecule has 0 aromatic heterocycles. The Morgan fingerprint density at radius 2 is 2.07 bits per heavy atom. The number of ether oxygens (including phenoxy) is 1. The first kappa shape index (κ1) is 14.3. The smallest absolute Gasteiger partial charge is 0.234 e. The Labute approximate surface area is 91.2 Å². The second-order valence-corrected chi connectivity index (χ2v) is 4.08. The van der Waals surface area contributed by atoms with E-state index in [-0.39, 0.29) is 12.5 Å². The van der Waals surface area contributed by atoms with Crippen LogP contribution in [0.1, 0.15) is 20.3 Å². The number of carbonyl (C=O) groups excluding carboxylic acids is 1. The lowest BCUT2D eigenvalue weighted by Crippen LogP contribution is -2.37. The highest BCUT2D eigenvalue weighted by Gasteiger charge is 2.11. The number of hydrogen-bond acceptors (Lipinski definition) is 4. The molecule has 0 radical (unpaired) electrons. The van der Waals surface area contributed by atoms with Gasteiger partial charge in [0.2, 0.25) is 5.91 Å². The van der Waals surface area contributed by atoms with E-state index in [1.807, 2.05) is 0 Å². The van der Waals surface area contributed by atoms with Crippen molar-refractivity contribution >= 4 is 5.91 Å². The van der Waals surface area contributed by atoms with E-state index < -0.39 is 5.60 Å². The molecule has 15 heavy (non-hydrogen) atoms. The van der Waals surface area contributed by atoms with Crippen molar-refractivity contribution in [2.75, 3.05) is 33.4 Å². The number of carbonyl (C=O) groups is 1. The van der Waals surface area contributed by atoms with Crippen LogP contribution in [0.3, 0.4) is 0 Å². The number of methoxy groups -OCH3 is 1. The van der Waals surface area contributed by atoms with Gasteiger partial charge in [-0.3, -0.25) is 4.79 Å². The minimum atomic E-state index is -0.681. The van der Waals surface area contributed by atoms with Gasteiger partial charge in [0.25, 0.3) is 0 Å². The van der Waals surface area contributed by atoms with E-state index in [2.05, 4.69) is 10.6 Å². The molecule has 0 saturated carbocycles. The molecule has 5 nitrogen and oxygen atoms in total. The number of aliphatic hydroxyl groups is 1. The lowest BCUT2D eigenvalue weighted by Gasteiger charge is -2.16. The molecule has 0 aliphatic rings. The third-order valence-electron chi connectivity index (χ3n) is 1.83. The molecule has 90 valence electrons. The minimum Gasteiger partial charge on any atom is -0.390 e. The molecule has 0 spiro atoms. The summed E-state index contributed by atoms with van der Waals surface area (Å²) >= 11 is 0. The summed E-state index contributed by atoms with van der Waals surface area (Å²) in [5.41, 5.74) is -0.681. The molecular weight excluding hydrogens is 196 g/mol. The van der Waals surface area contributed by atoms with Gasteiger partial charge in [-0.05, 0) is 26.8 Å². The van der Waals surface area contributed by atoms with Crippen LogP contribution in [0.15, 0.2) is 0 Å². The largest absolute Gasteiger partial charge is 0.390 e. The van der Waals surface area contributed by atoms with Gasteiger partial charge in [0.05, 0.1) is 18.8 Å². The van der Waals surface area contributed by atoms with Gasteiger partial charge in [0.15, 0.2) is 0 Å². The average Bonchev–Trinajstić information content (AvgIpc) is 2.11. The molecule has 0 aromatic carbocycles. The van der Waals surface area contributed by atoms with Crippen LogP contribution in [-0.2, 0) is 9.53 Å². The molecule has 1 amide bonds. The van der Waals surface area contributed by atoms with Crippen LogP contribution in [0.4, 0.5) is 0 Å². The predicted octanol–water partition coefficient (Wildman–Crippen LogP) is -0.500. The van der Waals surface area contributed by atoms with E-state index in [0.29, 0.717) is 26.1 Å². The highest BCUT2D eigenvalue weighted by molar-refractivity contribution is 5.77. The first-order valence-electron chi connectivity index (χ1n) is 5.14. The fraction of sp³-hybridized carbons (Fsp3) is 0.900. The fourth-order valence-electron chi connectivity index (χ4n) is 0.951. The number of rotatable bonds is 8.